The van der Waals surface area contributed by atoms with Gasteiger partial charge >= 0.3 is 5.97 Å². The van der Waals surface area contributed by atoms with Gasteiger partial charge in [-0.25, -0.2) is 0 Å². The molecule has 160 valence electrons. The molecule has 1 aromatic carbocycles. The zero-order valence-electron chi connectivity index (χ0n) is 17.8. The molecule has 1 fully saturated rings. The third-order valence-corrected chi connectivity index (χ3v) is 5.01. The average molecular weight is 405 g/mol. The number of ether oxygens (including phenoxy) is 2. The number of hydrogen-bond acceptors (Lipinski definition) is 5. The largest absolute Gasteiger partial charge is 0.496 e. The van der Waals surface area contributed by atoms with Gasteiger partial charge in [-0.2, -0.15) is 0 Å². The molecule has 29 heavy (non-hydrogen) atoms. The van der Waals surface area contributed by atoms with Gasteiger partial charge in [0.15, 0.2) is 6.61 Å². The van der Waals surface area contributed by atoms with Crippen LogP contribution in [0.4, 0.5) is 0 Å². The van der Waals surface area contributed by atoms with E-state index in [1.165, 1.54) is 0 Å². The SMILES string of the molecule is CCCCN1C(=O)CCC(C(=O)OCC(=O)NC(C)C)C1c1ccccc1OC. The second kappa shape index (κ2) is 10.8. The van der Waals surface area contributed by atoms with Gasteiger partial charge < -0.3 is 19.7 Å². The van der Waals surface area contributed by atoms with Gasteiger partial charge in [-0.05, 0) is 32.8 Å². The predicted molar refractivity (Wildman–Crippen MR) is 109 cm³/mol. The van der Waals surface area contributed by atoms with Gasteiger partial charge in [0.1, 0.15) is 5.75 Å². The molecule has 1 aliphatic heterocycles. The Morgan fingerprint density at radius 3 is 2.66 bits per heavy atom. The maximum Gasteiger partial charge on any atom is 0.311 e. The number of amides is 2. The van der Waals surface area contributed by atoms with E-state index in [2.05, 4.69) is 12.2 Å². The predicted octanol–water partition coefficient (Wildman–Crippen LogP) is 2.84. The highest BCUT2D eigenvalue weighted by Gasteiger charge is 2.42. The first kappa shape index (κ1) is 22.7. The molecule has 0 radical (unpaired) electrons. The molecule has 7 heteroatoms. The number of carbonyl (C=O) groups excluding carboxylic acids is 3. The zero-order chi connectivity index (χ0) is 21.4. The molecule has 2 amide bonds. The number of benzene rings is 1. The molecule has 1 heterocycles. The van der Waals surface area contributed by atoms with E-state index in [1.54, 1.807) is 12.0 Å². The lowest BCUT2D eigenvalue weighted by Gasteiger charge is -2.40. The summed E-state index contributed by atoms with van der Waals surface area (Å²) in [5.41, 5.74) is 0.785. The van der Waals surface area contributed by atoms with Gasteiger partial charge in [-0.3, -0.25) is 14.4 Å². The Hall–Kier alpha value is -2.57. The summed E-state index contributed by atoms with van der Waals surface area (Å²) in [5.74, 6) is -0.696. The molecule has 1 saturated heterocycles. The van der Waals surface area contributed by atoms with Gasteiger partial charge in [-0.1, -0.05) is 31.5 Å². The summed E-state index contributed by atoms with van der Waals surface area (Å²) >= 11 is 0. The minimum atomic E-state index is -0.548. The molecule has 0 spiro atoms. The number of carbonyl (C=O) groups is 3. The second-order valence-corrected chi connectivity index (χ2v) is 7.60. The lowest BCUT2D eigenvalue weighted by molar-refractivity contribution is -0.160. The fourth-order valence-electron chi connectivity index (χ4n) is 3.69. The van der Waals surface area contributed by atoms with Crippen molar-refractivity contribution >= 4 is 17.8 Å². The van der Waals surface area contributed by atoms with Crippen molar-refractivity contribution in [3.05, 3.63) is 29.8 Å². The van der Waals surface area contributed by atoms with Gasteiger partial charge in [0.05, 0.1) is 19.1 Å². The number of likely N-dealkylation sites (tertiary alicyclic amines) is 1. The summed E-state index contributed by atoms with van der Waals surface area (Å²) in [6.07, 6.45) is 2.45. The van der Waals surface area contributed by atoms with Crippen LogP contribution in [-0.2, 0) is 19.1 Å². The average Bonchev–Trinajstić information content (AvgIpc) is 2.70. The van der Waals surface area contributed by atoms with Crippen molar-refractivity contribution in [1.82, 2.24) is 10.2 Å². The van der Waals surface area contributed by atoms with Crippen LogP contribution in [0.15, 0.2) is 24.3 Å². The molecular weight excluding hydrogens is 372 g/mol. The Kier molecular flexibility index (Phi) is 8.49. The molecule has 2 unspecified atom stereocenters. The zero-order valence-corrected chi connectivity index (χ0v) is 17.8. The van der Waals surface area contributed by atoms with E-state index >= 15 is 0 Å². The molecule has 7 nitrogen and oxygen atoms in total. The van der Waals surface area contributed by atoms with Crippen LogP contribution in [0.1, 0.15) is 58.1 Å². The van der Waals surface area contributed by atoms with Crippen molar-refractivity contribution in [3.63, 3.8) is 0 Å². The normalized spacial score (nSPS) is 19.2. The minimum Gasteiger partial charge on any atom is -0.496 e. The minimum absolute atomic E-state index is 0.0240. The summed E-state index contributed by atoms with van der Waals surface area (Å²) in [4.78, 5) is 39.3. The number of nitrogens with one attached hydrogen (secondary N) is 1. The van der Waals surface area contributed by atoms with Crippen LogP contribution in [0.25, 0.3) is 0 Å². The van der Waals surface area contributed by atoms with Crippen molar-refractivity contribution in [3.8, 4) is 5.75 Å². The van der Waals surface area contributed by atoms with Crippen LogP contribution in [-0.4, -0.2) is 49.0 Å². The van der Waals surface area contributed by atoms with Crippen LogP contribution in [0.5, 0.6) is 5.75 Å². The number of piperidine rings is 1. The lowest BCUT2D eigenvalue weighted by Crippen LogP contribution is -2.46. The Morgan fingerprint density at radius 1 is 1.28 bits per heavy atom. The highest BCUT2D eigenvalue weighted by Crippen LogP contribution is 2.41. The van der Waals surface area contributed by atoms with E-state index < -0.39 is 17.9 Å². The first-order chi connectivity index (χ1) is 13.9. The number of methoxy groups -OCH3 is 1. The Morgan fingerprint density at radius 2 is 2.00 bits per heavy atom. The summed E-state index contributed by atoms with van der Waals surface area (Å²) in [5, 5.41) is 2.71. The quantitative estimate of drug-likeness (QED) is 0.640. The fraction of sp³-hybridized carbons (Fsp3) is 0.591. The topological polar surface area (TPSA) is 84.9 Å². The molecule has 1 aliphatic rings. The number of hydrogen-bond donors (Lipinski definition) is 1. The van der Waals surface area contributed by atoms with E-state index in [0.717, 1.165) is 18.4 Å². The number of para-hydroxylation sites is 1. The molecule has 0 aliphatic carbocycles. The summed E-state index contributed by atoms with van der Waals surface area (Å²) in [6.45, 7) is 5.99. The molecular formula is C22H32N2O5. The number of nitrogens with zero attached hydrogens (tertiary/aromatic N) is 1. The molecule has 2 rings (SSSR count). The molecule has 1 N–H and O–H groups in total. The van der Waals surface area contributed by atoms with Gasteiger partial charge in [-0.15, -0.1) is 0 Å². The Labute approximate surface area is 172 Å². The standard InChI is InChI=1S/C22H32N2O5/c1-5-6-13-24-20(26)12-11-17(22(27)29-14-19(25)23-15(2)3)21(24)16-9-7-8-10-18(16)28-4/h7-10,15,17,21H,5-6,11-14H2,1-4H3,(H,23,25). The summed E-state index contributed by atoms with van der Waals surface area (Å²) in [7, 11) is 1.57. The smallest absolute Gasteiger partial charge is 0.311 e. The van der Waals surface area contributed by atoms with Crippen molar-refractivity contribution in [1.29, 1.82) is 0 Å². The van der Waals surface area contributed by atoms with Crippen LogP contribution in [0.2, 0.25) is 0 Å². The highest BCUT2D eigenvalue weighted by atomic mass is 16.5. The van der Waals surface area contributed by atoms with Gasteiger partial charge in [0, 0.05) is 24.6 Å². The van der Waals surface area contributed by atoms with Crippen molar-refractivity contribution < 1.29 is 23.9 Å². The van der Waals surface area contributed by atoms with Crippen LogP contribution < -0.4 is 10.1 Å². The third-order valence-electron chi connectivity index (χ3n) is 5.01. The Bertz CT molecular complexity index is 719. The van der Waals surface area contributed by atoms with Crippen molar-refractivity contribution in [2.24, 2.45) is 5.92 Å². The highest BCUT2D eigenvalue weighted by molar-refractivity contribution is 5.84. The van der Waals surface area contributed by atoms with Crippen molar-refractivity contribution in [2.45, 2.75) is 58.5 Å². The van der Waals surface area contributed by atoms with Crippen molar-refractivity contribution in [2.75, 3.05) is 20.3 Å². The molecule has 0 bridgehead atoms. The Balaban J connectivity index is 2.28. The number of unbranched alkanes of at least 4 members (excludes halogenated alkanes) is 1. The summed E-state index contributed by atoms with van der Waals surface area (Å²) in [6, 6.07) is 6.93. The first-order valence-corrected chi connectivity index (χ1v) is 10.3. The molecule has 2 atom stereocenters. The molecule has 0 saturated carbocycles. The van der Waals surface area contributed by atoms with E-state index in [-0.39, 0.29) is 30.9 Å². The lowest BCUT2D eigenvalue weighted by atomic mass is 9.83. The maximum absolute atomic E-state index is 12.9. The third kappa shape index (κ3) is 5.95. The number of esters is 1. The van der Waals surface area contributed by atoms with E-state index in [9.17, 15) is 14.4 Å². The maximum atomic E-state index is 12.9. The van der Waals surface area contributed by atoms with Crippen LogP contribution in [0, 0.1) is 5.92 Å². The second-order valence-electron chi connectivity index (χ2n) is 7.60. The fourth-order valence-corrected chi connectivity index (χ4v) is 3.69. The van der Waals surface area contributed by atoms with E-state index in [4.69, 9.17) is 9.47 Å². The summed E-state index contributed by atoms with van der Waals surface area (Å²) < 4.78 is 10.8. The number of rotatable bonds is 9. The van der Waals surface area contributed by atoms with Crippen LogP contribution >= 0.6 is 0 Å². The first-order valence-electron chi connectivity index (χ1n) is 10.3. The molecule has 1 aromatic rings. The van der Waals surface area contributed by atoms with Gasteiger partial charge in [0.2, 0.25) is 5.91 Å². The van der Waals surface area contributed by atoms with Gasteiger partial charge in [0.25, 0.3) is 5.91 Å². The van der Waals surface area contributed by atoms with Crippen LogP contribution in [0.3, 0.4) is 0 Å². The van der Waals surface area contributed by atoms with E-state index in [1.807, 2.05) is 38.1 Å². The van der Waals surface area contributed by atoms with E-state index in [0.29, 0.717) is 18.7 Å². The monoisotopic (exact) mass is 404 g/mol. The molecule has 0 aromatic heterocycles.